The lowest BCUT2D eigenvalue weighted by atomic mass is 9.94. The van der Waals surface area contributed by atoms with E-state index >= 15 is 0 Å². The van der Waals surface area contributed by atoms with E-state index in [0.717, 1.165) is 54.9 Å². The van der Waals surface area contributed by atoms with Crippen LogP contribution in [0.4, 0.5) is 0 Å². The van der Waals surface area contributed by atoms with Crippen LogP contribution >= 0.6 is 0 Å². The van der Waals surface area contributed by atoms with Crippen molar-refractivity contribution in [3.8, 4) is 17.1 Å². The summed E-state index contributed by atoms with van der Waals surface area (Å²) in [5, 5.41) is 9.58. The summed E-state index contributed by atoms with van der Waals surface area (Å²) in [5.41, 5.74) is 3.42. The molecule has 3 heterocycles. The molecule has 7 nitrogen and oxygen atoms in total. The Kier molecular flexibility index (Phi) is 6.21. The lowest BCUT2D eigenvalue weighted by molar-refractivity contribution is 0.198. The topological polar surface area (TPSA) is 91.3 Å². The van der Waals surface area contributed by atoms with Crippen LogP contribution in [0, 0.1) is 0 Å². The van der Waals surface area contributed by atoms with Crippen molar-refractivity contribution in [1.82, 2.24) is 19.9 Å². The summed E-state index contributed by atoms with van der Waals surface area (Å²) < 4.78 is 5.30. The molecule has 2 aromatic heterocycles. The van der Waals surface area contributed by atoms with Gasteiger partial charge in [0.15, 0.2) is 0 Å². The van der Waals surface area contributed by atoms with E-state index in [0.29, 0.717) is 11.6 Å². The van der Waals surface area contributed by atoms with Crippen molar-refractivity contribution in [2.45, 2.75) is 31.9 Å². The lowest BCUT2D eigenvalue weighted by Gasteiger charge is -2.32. The summed E-state index contributed by atoms with van der Waals surface area (Å²) in [5.74, 6) is 1.46. The molecule has 30 heavy (non-hydrogen) atoms. The highest BCUT2D eigenvalue weighted by Crippen LogP contribution is 2.28. The number of aromatic nitrogens is 3. The number of aliphatic hydroxyl groups excluding tert-OH is 1. The highest BCUT2D eigenvalue weighted by molar-refractivity contribution is 5.52. The predicted molar refractivity (Wildman–Crippen MR) is 114 cm³/mol. The van der Waals surface area contributed by atoms with Crippen molar-refractivity contribution in [2.75, 3.05) is 20.2 Å². The summed E-state index contributed by atoms with van der Waals surface area (Å²) in [7, 11) is 1.61. The third-order valence-electron chi connectivity index (χ3n) is 5.54. The molecule has 0 radical (unpaired) electrons. The van der Waals surface area contributed by atoms with Crippen molar-refractivity contribution >= 4 is 0 Å². The van der Waals surface area contributed by atoms with Crippen LogP contribution in [0.3, 0.4) is 0 Å². The maximum Gasteiger partial charge on any atom is 0.251 e. The number of nitrogens with zero attached hydrogens (tertiary/aromatic N) is 3. The van der Waals surface area contributed by atoms with E-state index in [-0.39, 0.29) is 18.1 Å². The van der Waals surface area contributed by atoms with Crippen molar-refractivity contribution in [1.29, 1.82) is 0 Å². The first kappa shape index (κ1) is 20.3. The normalized spacial score (nSPS) is 17.1. The summed E-state index contributed by atoms with van der Waals surface area (Å²) in [6.07, 6.45) is 5.46. The molecule has 1 unspecified atom stereocenters. The number of likely N-dealkylation sites (tertiary alicyclic amines) is 1. The fraction of sp³-hybridized carbons (Fsp3) is 0.348. The van der Waals surface area contributed by atoms with E-state index in [1.807, 2.05) is 30.3 Å². The molecule has 4 rings (SSSR count). The van der Waals surface area contributed by atoms with Crippen molar-refractivity contribution < 1.29 is 9.84 Å². The third kappa shape index (κ3) is 4.58. The number of rotatable bonds is 6. The molecule has 7 heteroatoms. The summed E-state index contributed by atoms with van der Waals surface area (Å²) in [6, 6.07) is 11.3. The second-order valence-corrected chi connectivity index (χ2v) is 7.64. The molecule has 2 N–H and O–H groups in total. The SMILES string of the molecule is COc1ccc(CN2CCCC(c3cc(=O)[nH]c(-c4cccnc4)n3)C2)cc1CO. The maximum absolute atomic E-state index is 12.3. The van der Waals surface area contributed by atoms with E-state index in [1.165, 1.54) is 0 Å². The predicted octanol–water partition coefficient (Wildman–Crippen LogP) is 2.71. The van der Waals surface area contributed by atoms with Gasteiger partial charge in [0, 0.05) is 48.6 Å². The number of piperidine rings is 1. The summed E-state index contributed by atoms with van der Waals surface area (Å²) in [4.78, 5) is 26.3. The minimum Gasteiger partial charge on any atom is -0.496 e. The average molecular weight is 406 g/mol. The fourth-order valence-corrected chi connectivity index (χ4v) is 4.08. The Morgan fingerprint density at radius 3 is 2.97 bits per heavy atom. The van der Waals surface area contributed by atoms with Crippen LogP contribution in [-0.2, 0) is 13.2 Å². The van der Waals surface area contributed by atoms with E-state index in [2.05, 4.69) is 14.9 Å². The zero-order valence-corrected chi connectivity index (χ0v) is 17.0. The fourth-order valence-electron chi connectivity index (χ4n) is 4.08. The van der Waals surface area contributed by atoms with Gasteiger partial charge in [-0.15, -0.1) is 0 Å². The van der Waals surface area contributed by atoms with Gasteiger partial charge in [-0.2, -0.15) is 0 Å². The van der Waals surface area contributed by atoms with Gasteiger partial charge < -0.3 is 14.8 Å². The van der Waals surface area contributed by atoms with Gasteiger partial charge >= 0.3 is 0 Å². The zero-order valence-electron chi connectivity index (χ0n) is 17.0. The molecule has 0 saturated carbocycles. The molecule has 1 saturated heterocycles. The Bertz CT molecular complexity index is 1050. The summed E-state index contributed by atoms with van der Waals surface area (Å²) in [6.45, 7) is 2.57. The van der Waals surface area contributed by atoms with Crippen molar-refractivity contribution in [3.05, 3.63) is 76.0 Å². The highest BCUT2D eigenvalue weighted by atomic mass is 16.5. The molecule has 0 bridgehead atoms. The van der Waals surface area contributed by atoms with Crippen molar-refractivity contribution in [2.24, 2.45) is 0 Å². The van der Waals surface area contributed by atoms with Crippen LogP contribution in [0.5, 0.6) is 5.75 Å². The van der Waals surface area contributed by atoms with Crippen molar-refractivity contribution in [3.63, 3.8) is 0 Å². The molecular weight excluding hydrogens is 380 g/mol. The van der Waals surface area contributed by atoms with Crippen LogP contribution in [0.2, 0.25) is 0 Å². The van der Waals surface area contributed by atoms with Crippen LogP contribution in [0.25, 0.3) is 11.4 Å². The van der Waals surface area contributed by atoms with E-state index in [4.69, 9.17) is 9.72 Å². The van der Waals surface area contributed by atoms with Gasteiger partial charge in [0.05, 0.1) is 19.4 Å². The lowest BCUT2D eigenvalue weighted by Crippen LogP contribution is -2.34. The first-order valence-electron chi connectivity index (χ1n) is 10.2. The number of hydrogen-bond donors (Lipinski definition) is 2. The monoisotopic (exact) mass is 406 g/mol. The molecule has 3 aromatic rings. The number of ether oxygens (including phenoxy) is 1. The van der Waals surface area contributed by atoms with Gasteiger partial charge in [-0.25, -0.2) is 4.98 Å². The molecule has 1 aliphatic rings. The molecule has 1 atom stereocenters. The number of nitrogens with one attached hydrogen (secondary N) is 1. The van der Waals surface area contributed by atoms with E-state index in [1.54, 1.807) is 25.6 Å². The Labute approximate surface area is 175 Å². The minimum absolute atomic E-state index is 0.0481. The van der Waals surface area contributed by atoms with Crippen LogP contribution in [0.15, 0.2) is 53.6 Å². The largest absolute Gasteiger partial charge is 0.496 e. The van der Waals surface area contributed by atoms with Crippen LogP contribution in [-0.4, -0.2) is 45.2 Å². The van der Waals surface area contributed by atoms with Gasteiger partial charge in [-0.1, -0.05) is 6.07 Å². The number of hydrogen-bond acceptors (Lipinski definition) is 6. The Balaban J connectivity index is 1.52. The molecule has 1 fully saturated rings. The molecule has 1 aliphatic heterocycles. The average Bonchev–Trinajstić information content (AvgIpc) is 2.79. The Hall–Kier alpha value is -3.03. The third-order valence-corrected chi connectivity index (χ3v) is 5.54. The molecular formula is C23H26N4O3. The second kappa shape index (κ2) is 9.19. The van der Waals surface area contributed by atoms with Gasteiger partial charge in [0.1, 0.15) is 11.6 Å². The standard InChI is InChI=1S/C23H26N4O3/c1-30-21-7-6-16(10-19(21)15-28)13-27-9-3-5-18(14-27)20-11-22(29)26-23(25-20)17-4-2-8-24-12-17/h2,4,6-8,10-12,18,28H,3,5,9,13-15H2,1H3,(H,25,26,29). The quantitative estimate of drug-likeness (QED) is 0.654. The molecule has 0 amide bonds. The molecule has 0 aliphatic carbocycles. The molecule has 0 spiro atoms. The van der Waals surface area contributed by atoms with Gasteiger partial charge in [-0.3, -0.25) is 14.7 Å². The van der Waals surface area contributed by atoms with Gasteiger partial charge in [-0.05, 0) is 49.2 Å². The first-order chi connectivity index (χ1) is 14.7. The highest BCUT2D eigenvalue weighted by Gasteiger charge is 2.23. The Morgan fingerprint density at radius 1 is 1.30 bits per heavy atom. The number of aliphatic hydroxyl groups is 1. The van der Waals surface area contributed by atoms with Crippen LogP contribution < -0.4 is 10.3 Å². The summed E-state index contributed by atoms with van der Waals surface area (Å²) >= 11 is 0. The smallest absolute Gasteiger partial charge is 0.251 e. The number of benzene rings is 1. The molecule has 1 aromatic carbocycles. The molecule has 156 valence electrons. The second-order valence-electron chi connectivity index (χ2n) is 7.64. The minimum atomic E-state index is -0.140. The maximum atomic E-state index is 12.3. The van der Waals surface area contributed by atoms with Gasteiger partial charge in [0.2, 0.25) is 0 Å². The number of aromatic amines is 1. The zero-order chi connectivity index (χ0) is 20.9. The number of H-pyrrole nitrogens is 1. The number of methoxy groups -OCH3 is 1. The van der Waals surface area contributed by atoms with Gasteiger partial charge in [0.25, 0.3) is 5.56 Å². The van der Waals surface area contributed by atoms with E-state index in [9.17, 15) is 9.90 Å². The first-order valence-corrected chi connectivity index (χ1v) is 10.2. The van der Waals surface area contributed by atoms with E-state index < -0.39 is 0 Å². The number of pyridine rings is 1. The Morgan fingerprint density at radius 2 is 2.20 bits per heavy atom. The van der Waals surface area contributed by atoms with Crippen LogP contribution in [0.1, 0.15) is 35.6 Å².